The van der Waals surface area contributed by atoms with Gasteiger partial charge in [-0.2, -0.15) is 0 Å². The zero-order valence-electron chi connectivity index (χ0n) is 17.2. The first kappa shape index (κ1) is 21.7. The monoisotopic (exact) mass is 345 g/mol. The predicted octanol–water partition coefficient (Wildman–Crippen LogP) is 6.78. The third-order valence-corrected chi connectivity index (χ3v) is 6.03. The van der Waals surface area contributed by atoms with E-state index in [1.807, 2.05) is 58.0 Å². The summed E-state index contributed by atoms with van der Waals surface area (Å²) in [6.45, 7) is 12.8. The van der Waals surface area contributed by atoms with Gasteiger partial charge >= 0.3 is 0 Å². The minimum Gasteiger partial charge on any atom is -0.326 e. The number of amides is 1. The molecule has 5 atom stereocenters. The van der Waals surface area contributed by atoms with Gasteiger partial charge in [0.15, 0.2) is 0 Å². The van der Waals surface area contributed by atoms with E-state index in [-0.39, 0.29) is 11.8 Å². The van der Waals surface area contributed by atoms with E-state index >= 15 is 0 Å². The third-order valence-electron chi connectivity index (χ3n) is 6.03. The van der Waals surface area contributed by atoms with Crippen LogP contribution in [0.3, 0.4) is 0 Å². The average Bonchev–Trinajstić information content (AvgIpc) is 3.27. The van der Waals surface area contributed by atoms with Gasteiger partial charge in [0.1, 0.15) is 0 Å². The van der Waals surface area contributed by atoms with Gasteiger partial charge in [-0.15, -0.1) is 0 Å². The minimum atomic E-state index is 0.225. The van der Waals surface area contributed by atoms with Crippen molar-refractivity contribution in [3.05, 3.63) is 30.3 Å². The quantitative estimate of drug-likeness (QED) is 0.643. The van der Waals surface area contributed by atoms with Crippen LogP contribution in [0.4, 0.5) is 5.69 Å². The van der Waals surface area contributed by atoms with Gasteiger partial charge in [-0.25, -0.2) is 0 Å². The number of carbonyl (C=O) groups excluding carboxylic acids is 1. The number of rotatable bonds is 3. The first-order chi connectivity index (χ1) is 12.2. The molecule has 0 aromatic heterocycles. The van der Waals surface area contributed by atoms with Gasteiger partial charge in [0.2, 0.25) is 5.91 Å². The fourth-order valence-electron chi connectivity index (χ4n) is 4.59. The Morgan fingerprint density at radius 2 is 1.52 bits per heavy atom. The second kappa shape index (κ2) is 11.3. The Bertz CT molecular complexity index is 484. The van der Waals surface area contributed by atoms with Crippen molar-refractivity contribution in [2.75, 3.05) is 5.32 Å². The van der Waals surface area contributed by atoms with E-state index in [2.05, 4.69) is 19.2 Å². The molecule has 0 spiro atoms. The van der Waals surface area contributed by atoms with Crippen molar-refractivity contribution in [1.82, 2.24) is 0 Å². The summed E-state index contributed by atoms with van der Waals surface area (Å²) in [5.41, 5.74) is 0.931. The van der Waals surface area contributed by atoms with Crippen LogP contribution in [0.2, 0.25) is 0 Å². The standard InChI is InChI=1S/C19H27NO.2C2H6/c1-13-11-12-16(14(13)2)17-9-6-10-18(17)19(21)20-15-7-4-3-5-8-15;2*1-2/h3-5,7-8,13-14,16-18H,6,9-12H2,1-2H3,(H,20,21);2*1-2H3/t13-,14-,16+,17-,18+;;/m1../s1. The lowest BCUT2D eigenvalue weighted by Gasteiger charge is -2.29. The Morgan fingerprint density at radius 3 is 2.08 bits per heavy atom. The normalized spacial score (nSPS) is 30.6. The number of para-hydroxylation sites is 1. The maximum atomic E-state index is 12.7. The molecule has 2 aliphatic carbocycles. The maximum absolute atomic E-state index is 12.7. The number of anilines is 1. The molecule has 2 saturated carbocycles. The van der Waals surface area contributed by atoms with Crippen molar-refractivity contribution in [3.8, 4) is 0 Å². The first-order valence-corrected chi connectivity index (χ1v) is 10.5. The maximum Gasteiger partial charge on any atom is 0.227 e. The van der Waals surface area contributed by atoms with Crippen LogP contribution in [0.5, 0.6) is 0 Å². The molecule has 1 aromatic rings. The molecule has 25 heavy (non-hydrogen) atoms. The van der Waals surface area contributed by atoms with Gasteiger partial charge in [0.25, 0.3) is 0 Å². The smallest absolute Gasteiger partial charge is 0.227 e. The lowest BCUT2D eigenvalue weighted by molar-refractivity contribution is -0.121. The van der Waals surface area contributed by atoms with E-state index in [0.717, 1.165) is 29.9 Å². The number of carbonyl (C=O) groups is 1. The summed E-state index contributed by atoms with van der Waals surface area (Å²) in [4.78, 5) is 12.7. The van der Waals surface area contributed by atoms with Gasteiger partial charge < -0.3 is 5.32 Å². The Labute approximate surface area is 155 Å². The van der Waals surface area contributed by atoms with E-state index in [1.165, 1.54) is 25.7 Å². The number of hydrogen-bond donors (Lipinski definition) is 1. The summed E-state index contributed by atoms with van der Waals surface area (Å²) in [5, 5.41) is 3.12. The third kappa shape index (κ3) is 5.59. The topological polar surface area (TPSA) is 29.1 Å². The molecule has 2 nitrogen and oxygen atoms in total. The van der Waals surface area contributed by atoms with Gasteiger partial charge in [-0.05, 0) is 55.1 Å². The van der Waals surface area contributed by atoms with Crippen LogP contribution in [-0.2, 0) is 4.79 Å². The predicted molar refractivity (Wildman–Crippen MR) is 110 cm³/mol. The van der Waals surface area contributed by atoms with E-state index in [4.69, 9.17) is 0 Å². The molecule has 0 heterocycles. The van der Waals surface area contributed by atoms with E-state index < -0.39 is 0 Å². The highest BCUT2D eigenvalue weighted by atomic mass is 16.1. The molecule has 1 N–H and O–H groups in total. The Balaban J connectivity index is 0.000000730. The molecule has 0 unspecified atom stereocenters. The fourth-order valence-corrected chi connectivity index (χ4v) is 4.59. The van der Waals surface area contributed by atoms with Gasteiger partial charge in [0, 0.05) is 11.6 Å². The molecule has 1 aromatic carbocycles. The van der Waals surface area contributed by atoms with Crippen molar-refractivity contribution in [2.45, 2.75) is 73.6 Å². The second-order valence-electron chi connectivity index (χ2n) is 7.13. The van der Waals surface area contributed by atoms with E-state index in [0.29, 0.717) is 5.92 Å². The summed E-state index contributed by atoms with van der Waals surface area (Å²) in [7, 11) is 0. The Morgan fingerprint density at radius 1 is 0.880 bits per heavy atom. The summed E-state index contributed by atoms with van der Waals surface area (Å²) >= 11 is 0. The molecule has 2 heteroatoms. The molecule has 3 rings (SSSR count). The summed E-state index contributed by atoms with van der Waals surface area (Å²) < 4.78 is 0. The van der Waals surface area contributed by atoms with Gasteiger partial charge in [-0.1, -0.05) is 72.6 Å². The average molecular weight is 346 g/mol. The SMILES string of the molecule is CC.CC.C[C@H]1[C@@H]([C@H]2CCC[C@@H]2C(=O)Nc2ccccc2)CC[C@H]1C. The zero-order chi connectivity index (χ0) is 18.8. The molecule has 142 valence electrons. The van der Waals surface area contributed by atoms with Crippen LogP contribution in [-0.4, -0.2) is 5.91 Å². The van der Waals surface area contributed by atoms with Crippen LogP contribution in [0.1, 0.15) is 73.6 Å². The lowest BCUT2D eigenvalue weighted by Crippen LogP contribution is -2.31. The number of nitrogens with one attached hydrogen (secondary N) is 1. The molecule has 2 aliphatic rings. The van der Waals surface area contributed by atoms with E-state index in [9.17, 15) is 4.79 Å². The Kier molecular flexibility index (Phi) is 9.85. The summed E-state index contributed by atoms with van der Waals surface area (Å²) in [5.74, 6) is 3.44. The fraction of sp³-hybridized carbons (Fsp3) is 0.696. The van der Waals surface area contributed by atoms with Crippen molar-refractivity contribution in [2.24, 2.45) is 29.6 Å². The molecule has 0 bridgehead atoms. The van der Waals surface area contributed by atoms with Crippen molar-refractivity contribution >= 4 is 11.6 Å². The highest BCUT2D eigenvalue weighted by Gasteiger charge is 2.43. The molecule has 0 aliphatic heterocycles. The Hall–Kier alpha value is -1.31. The number of benzene rings is 1. The first-order valence-electron chi connectivity index (χ1n) is 10.5. The van der Waals surface area contributed by atoms with Crippen LogP contribution in [0.25, 0.3) is 0 Å². The largest absolute Gasteiger partial charge is 0.326 e. The second-order valence-corrected chi connectivity index (χ2v) is 7.13. The lowest BCUT2D eigenvalue weighted by atomic mass is 9.77. The van der Waals surface area contributed by atoms with Gasteiger partial charge in [0.05, 0.1) is 0 Å². The highest BCUT2D eigenvalue weighted by Crippen LogP contribution is 2.48. The molecular weight excluding hydrogens is 306 g/mol. The minimum absolute atomic E-state index is 0.225. The molecular formula is C23H39NO. The van der Waals surface area contributed by atoms with Crippen molar-refractivity contribution < 1.29 is 4.79 Å². The number of hydrogen-bond acceptors (Lipinski definition) is 1. The zero-order valence-corrected chi connectivity index (χ0v) is 17.2. The molecule has 0 saturated heterocycles. The van der Waals surface area contributed by atoms with Crippen molar-refractivity contribution in [1.29, 1.82) is 0 Å². The van der Waals surface area contributed by atoms with Crippen LogP contribution in [0, 0.1) is 29.6 Å². The summed E-state index contributed by atoms with van der Waals surface area (Å²) in [6, 6.07) is 9.88. The van der Waals surface area contributed by atoms with Crippen LogP contribution in [0.15, 0.2) is 30.3 Å². The van der Waals surface area contributed by atoms with Crippen LogP contribution >= 0.6 is 0 Å². The van der Waals surface area contributed by atoms with Crippen LogP contribution < -0.4 is 5.32 Å². The van der Waals surface area contributed by atoms with E-state index in [1.54, 1.807) is 0 Å². The summed E-state index contributed by atoms with van der Waals surface area (Å²) in [6.07, 6.45) is 6.20. The molecule has 1 amide bonds. The molecule has 2 fully saturated rings. The van der Waals surface area contributed by atoms with Gasteiger partial charge in [-0.3, -0.25) is 4.79 Å². The van der Waals surface area contributed by atoms with Crippen molar-refractivity contribution in [3.63, 3.8) is 0 Å². The molecule has 0 radical (unpaired) electrons. The highest BCUT2D eigenvalue weighted by molar-refractivity contribution is 5.92.